The topological polar surface area (TPSA) is 115 Å². The van der Waals surface area contributed by atoms with E-state index < -0.39 is 5.97 Å². The molecule has 2 rings (SSSR count). The molecule has 2 aliphatic heterocycles. The molecular weight excluding hydrogens is 531 g/mol. The molecule has 0 aromatic heterocycles. The Hall–Kier alpha value is -1.27. The zero-order valence-corrected chi connectivity index (χ0v) is 24.6. The van der Waals surface area contributed by atoms with Crippen molar-refractivity contribution in [1.29, 1.82) is 0 Å². The van der Waals surface area contributed by atoms with Crippen molar-refractivity contribution in [3.05, 3.63) is 6.92 Å². The Morgan fingerprint density at radius 2 is 1.76 bits per heavy atom. The number of hydrogen-bond donors (Lipinski definition) is 3. The van der Waals surface area contributed by atoms with Gasteiger partial charge >= 0.3 is 11.9 Å². The van der Waals surface area contributed by atoms with Gasteiger partial charge in [0.1, 0.15) is 6.61 Å². The summed E-state index contributed by atoms with van der Waals surface area (Å²) in [5, 5.41) is 11.4. The van der Waals surface area contributed by atoms with E-state index in [0.717, 1.165) is 97.8 Å². The molecule has 0 aliphatic carbocycles. The molecule has 2 aliphatic rings. The van der Waals surface area contributed by atoms with Gasteiger partial charge < -0.3 is 36.8 Å². The van der Waals surface area contributed by atoms with E-state index in [-0.39, 0.29) is 35.5 Å². The minimum Gasteiger partial charge on any atom is -0.480 e. The smallest absolute Gasteiger partial charge is 0.320 e. The van der Waals surface area contributed by atoms with Crippen molar-refractivity contribution in [3.8, 4) is 0 Å². The summed E-state index contributed by atoms with van der Waals surface area (Å²) in [6.07, 6.45) is 3.67. The number of carbonyl (C=O) groups excluding carboxylic acids is 2. The molecule has 12 heteroatoms. The number of carbonyl (C=O) groups is 3. The minimum atomic E-state index is -0.816. The molecule has 0 bridgehead atoms. The Balaban J connectivity index is 0.00000722. The minimum absolute atomic E-state index is 0. The number of nitrogens with zero attached hydrogens (tertiary/aromatic N) is 4. The number of nitrogens with one attached hydrogen (secondary N) is 1. The van der Waals surface area contributed by atoms with Gasteiger partial charge in [-0.15, -0.1) is 6.54 Å². The number of hydrogen-bond acceptors (Lipinski definition) is 7. The number of ether oxygens (including phenoxy) is 1. The fourth-order valence-electron chi connectivity index (χ4n) is 4.91. The van der Waals surface area contributed by atoms with Crippen LogP contribution in [0.2, 0.25) is 0 Å². The van der Waals surface area contributed by atoms with E-state index in [1.165, 1.54) is 4.90 Å². The molecule has 0 aromatic rings. The molecule has 2 fully saturated rings. The normalized spacial score (nSPS) is 17.4. The number of piperazine rings is 1. The summed E-state index contributed by atoms with van der Waals surface area (Å²) in [4.78, 5) is 45.4. The molecular formula is C26H51MnN6O5+. The van der Waals surface area contributed by atoms with Gasteiger partial charge in [0.05, 0.1) is 58.9 Å². The van der Waals surface area contributed by atoms with Crippen molar-refractivity contribution in [3.63, 3.8) is 0 Å². The van der Waals surface area contributed by atoms with Gasteiger partial charge in [0, 0.05) is 56.2 Å². The molecule has 1 unspecified atom stereocenters. The van der Waals surface area contributed by atoms with Crippen molar-refractivity contribution in [1.82, 2.24) is 19.6 Å². The number of carboxylic acid groups (broad SMARTS) is 1. The summed E-state index contributed by atoms with van der Waals surface area (Å²) < 4.78 is 5.07. The molecule has 0 spiro atoms. The van der Waals surface area contributed by atoms with Crippen LogP contribution in [0.5, 0.6) is 0 Å². The van der Waals surface area contributed by atoms with Gasteiger partial charge in [0.15, 0.2) is 0 Å². The number of cyclic esters (lactones) is 1. The van der Waals surface area contributed by atoms with Crippen molar-refractivity contribution in [2.24, 2.45) is 0 Å². The fourth-order valence-corrected chi connectivity index (χ4v) is 4.91. The molecule has 4 N–H and O–H groups in total. The summed E-state index contributed by atoms with van der Waals surface area (Å²) >= 11 is 0. The molecule has 38 heavy (non-hydrogen) atoms. The largest absolute Gasteiger partial charge is 0.480 e. The van der Waals surface area contributed by atoms with Crippen molar-refractivity contribution < 1.29 is 51.5 Å². The molecule has 2 saturated heterocycles. The predicted molar refractivity (Wildman–Crippen MR) is 141 cm³/mol. The van der Waals surface area contributed by atoms with Gasteiger partial charge in [-0.25, -0.2) is 0 Å². The van der Waals surface area contributed by atoms with Crippen LogP contribution in [0.25, 0.3) is 0 Å². The monoisotopic (exact) mass is 582 g/mol. The van der Waals surface area contributed by atoms with Crippen LogP contribution in [-0.2, 0) is 36.2 Å². The third kappa shape index (κ3) is 14.8. The first kappa shape index (κ1) is 34.8. The third-order valence-corrected chi connectivity index (χ3v) is 7.30. The maximum atomic E-state index is 12.6. The molecule has 2 heterocycles. The van der Waals surface area contributed by atoms with E-state index in [2.05, 4.69) is 29.0 Å². The number of rotatable bonds is 19. The molecule has 1 atom stereocenters. The van der Waals surface area contributed by atoms with Crippen LogP contribution in [0.4, 0.5) is 0 Å². The quantitative estimate of drug-likeness (QED) is 0.0853. The second-order valence-electron chi connectivity index (χ2n) is 10.2. The van der Waals surface area contributed by atoms with Crippen LogP contribution in [-0.4, -0.2) is 154 Å². The first-order valence-electron chi connectivity index (χ1n) is 14.2. The Kier molecular flexibility index (Phi) is 18.8. The molecule has 1 amide bonds. The molecule has 1 radical (unpaired) electrons. The number of unbranched alkanes of at least 4 members (excludes halogenated alkanes) is 1. The second-order valence-corrected chi connectivity index (χ2v) is 10.2. The number of aliphatic carboxylic acids is 1. The first-order chi connectivity index (χ1) is 17.9. The van der Waals surface area contributed by atoms with Crippen molar-refractivity contribution in [2.75, 3.05) is 111 Å². The number of amides is 1. The summed E-state index contributed by atoms with van der Waals surface area (Å²) in [6.45, 7) is 18.9. The van der Waals surface area contributed by atoms with Gasteiger partial charge in [-0.2, -0.15) is 0 Å². The van der Waals surface area contributed by atoms with Crippen LogP contribution in [0.3, 0.4) is 0 Å². The number of quaternary nitrogens is 2. The molecule has 221 valence electrons. The maximum Gasteiger partial charge on any atom is 0.320 e. The zero-order valence-electron chi connectivity index (χ0n) is 23.4. The van der Waals surface area contributed by atoms with Gasteiger partial charge in [0.25, 0.3) is 0 Å². The Labute approximate surface area is 239 Å². The number of carboxylic acids is 1. The van der Waals surface area contributed by atoms with E-state index in [4.69, 9.17) is 9.84 Å². The van der Waals surface area contributed by atoms with Gasteiger partial charge in [-0.05, 0) is 19.4 Å². The standard InChI is InChI=1S/C26H49N6O5.Mn/c1-3-5-10-29(15-14-28(4-2)22-25(34)35)16-17-30(18-19-31-20-21-37-26(36)23-31)11-6-7-24(33)32-12-8-27-9-13-32;/h27H,2-23H2,1H3,(H,34,35);/q-1;/p+2. The zero-order chi connectivity index (χ0) is 26.9. The fraction of sp³-hybridized carbons (Fsp3) is 0.846. The summed E-state index contributed by atoms with van der Waals surface area (Å²) in [5.74, 6) is -0.717. The summed E-state index contributed by atoms with van der Waals surface area (Å²) in [6, 6.07) is 0. The van der Waals surface area contributed by atoms with Crippen LogP contribution in [0.15, 0.2) is 0 Å². The van der Waals surface area contributed by atoms with Crippen LogP contribution >= 0.6 is 0 Å². The summed E-state index contributed by atoms with van der Waals surface area (Å²) in [7, 11) is 0. The van der Waals surface area contributed by atoms with Gasteiger partial charge in [0.2, 0.25) is 5.91 Å². The van der Waals surface area contributed by atoms with E-state index in [0.29, 0.717) is 32.7 Å². The van der Waals surface area contributed by atoms with Crippen LogP contribution < -0.4 is 10.2 Å². The number of nitrogens with two attached hydrogens (primary N) is 1. The first-order valence-corrected chi connectivity index (χ1v) is 14.2. The maximum absolute atomic E-state index is 12.6. The molecule has 0 saturated carbocycles. The van der Waals surface area contributed by atoms with Crippen molar-refractivity contribution in [2.45, 2.75) is 32.6 Å². The Bertz CT molecular complexity index is 683. The number of esters is 1. The van der Waals surface area contributed by atoms with E-state index in [9.17, 15) is 14.4 Å². The summed E-state index contributed by atoms with van der Waals surface area (Å²) in [5.41, 5.74) is 0. The molecule has 0 aromatic carbocycles. The van der Waals surface area contributed by atoms with Crippen molar-refractivity contribution >= 4 is 17.8 Å². The molecule has 11 nitrogen and oxygen atoms in total. The average molecular weight is 583 g/mol. The van der Waals surface area contributed by atoms with Gasteiger partial charge in [-0.3, -0.25) is 24.2 Å². The van der Waals surface area contributed by atoms with Gasteiger partial charge in [-0.1, -0.05) is 13.3 Å². The van der Waals surface area contributed by atoms with Crippen LogP contribution in [0.1, 0.15) is 32.6 Å². The third-order valence-electron chi connectivity index (χ3n) is 7.30. The van der Waals surface area contributed by atoms with Crippen LogP contribution in [0, 0.1) is 6.92 Å². The predicted octanol–water partition coefficient (Wildman–Crippen LogP) is -2.76. The Morgan fingerprint density at radius 1 is 1.05 bits per heavy atom. The second kappa shape index (κ2) is 20.6. The average Bonchev–Trinajstić information content (AvgIpc) is 2.90. The number of morpholine rings is 1. The van der Waals surface area contributed by atoms with E-state index in [1.54, 1.807) is 0 Å². The van der Waals surface area contributed by atoms with E-state index >= 15 is 0 Å². The Morgan fingerprint density at radius 3 is 2.39 bits per heavy atom. The SMILES string of the molecule is [CH2-]CN(CC[NH+](CCCC)CCN(CCCC(=O)N1CC[NH2+]CC1)CCN1CCOC(=O)C1)CC(=O)O.[Mn]. The van der Waals surface area contributed by atoms with E-state index in [1.807, 2.05) is 9.80 Å².